The second-order valence-corrected chi connectivity index (χ2v) is 6.72. The summed E-state index contributed by atoms with van der Waals surface area (Å²) >= 11 is 5.26. The third-order valence-electron chi connectivity index (χ3n) is 3.32. The molecule has 1 atom stereocenters. The molecule has 0 radical (unpaired) electrons. The van der Waals surface area contributed by atoms with Crippen molar-refractivity contribution >= 4 is 39.3 Å². The number of amides is 1. The summed E-state index contributed by atoms with van der Waals surface area (Å²) in [6.45, 7) is 2.05. The SMILES string of the molecule is Cc1ccc(N2C(=O)CSC2c2ccccc2)c(Br)c1. The Labute approximate surface area is 131 Å². The predicted molar refractivity (Wildman–Crippen MR) is 88.0 cm³/mol. The van der Waals surface area contributed by atoms with Crippen molar-refractivity contribution in [3.05, 3.63) is 64.1 Å². The fourth-order valence-corrected chi connectivity index (χ4v) is 4.21. The highest BCUT2D eigenvalue weighted by Gasteiger charge is 2.34. The van der Waals surface area contributed by atoms with Gasteiger partial charge < -0.3 is 0 Å². The normalized spacial score (nSPS) is 18.6. The lowest BCUT2D eigenvalue weighted by Crippen LogP contribution is -2.28. The van der Waals surface area contributed by atoms with Gasteiger partial charge in [-0.05, 0) is 46.1 Å². The van der Waals surface area contributed by atoms with Crippen LogP contribution in [-0.4, -0.2) is 11.7 Å². The summed E-state index contributed by atoms with van der Waals surface area (Å²) in [6.07, 6.45) is 0. The number of benzene rings is 2. The van der Waals surface area contributed by atoms with Crippen molar-refractivity contribution in [3.63, 3.8) is 0 Å². The zero-order valence-corrected chi connectivity index (χ0v) is 13.4. The number of carbonyl (C=O) groups is 1. The van der Waals surface area contributed by atoms with Gasteiger partial charge in [0.25, 0.3) is 0 Å². The van der Waals surface area contributed by atoms with E-state index in [1.54, 1.807) is 11.8 Å². The topological polar surface area (TPSA) is 20.3 Å². The van der Waals surface area contributed by atoms with Crippen LogP contribution in [0.15, 0.2) is 53.0 Å². The highest BCUT2D eigenvalue weighted by Crippen LogP contribution is 2.43. The molecule has 4 heteroatoms. The lowest BCUT2D eigenvalue weighted by molar-refractivity contribution is -0.115. The summed E-state index contributed by atoms with van der Waals surface area (Å²) in [5.74, 6) is 0.688. The maximum atomic E-state index is 12.3. The Bertz CT molecular complexity index is 644. The summed E-state index contributed by atoms with van der Waals surface area (Å²) in [7, 11) is 0. The fraction of sp³-hybridized carbons (Fsp3) is 0.188. The van der Waals surface area contributed by atoms with Gasteiger partial charge in [0.1, 0.15) is 5.37 Å². The number of halogens is 1. The number of anilines is 1. The zero-order chi connectivity index (χ0) is 14.1. The van der Waals surface area contributed by atoms with Crippen molar-refractivity contribution in [2.24, 2.45) is 0 Å². The van der Waals surface area contributed by atoms with Crippen LogP contribution in [0.1, 0.15) is 16.5 Å². The minimum atomic E-state index is 0.0581. The molecule has 1 unspecified atom stereocenters. The Kier molecular flexibility index (Phi) is 3.85. The molecule has 3 rings (SSSR count). The number of rotatable bonds is 2. The zero-order valence-electron chi connectivity index (χ0n) is 11.0. The molecule has 1 saturated heterocycles. The lowest BCUT2D eigenvalue weighted by atomic mass is 10.1. The van der Waals surface area contributed by atoms with Crippen molar-refractivity contribution in [1.29, 1.82) is 0 Å². The van der Waals surface area contributed by atoms with Gasteiger partial charge in [-0.25, -0.2) is 0 Å². The van der Waals surface area contributed by atoms with Crippen LogP contribution < -0.4 is 4.90 Å². The second-order valence-electron chi connectivity index (χ2n) is 4.79. The second kappa shape index (κ2) is 5.62. The molecule has 2 nitrogen and oxygen atoms in total. The monoisotopic (exact) mass is 347 g/mol. The Morgan fingerprint density at radius 3 is 2.65 bits per heavy atom. The van der Waals surface area contributed by atoms with Gasteiger partial charge in [-0.1, -0.05) is 36.4 Å². The Balaban J connectivity index is 2.03. The number of carbonyl (C=O) groups excluding carboxylic acids is 1. The smallest absolute Gasteiger partial charge is 0.238 e. The van der Waals surface area contributed by atoms with Crippen molar-refractivity contribution < 1.29 is 4.79 Å². The molecular formula is C16H14BrNOS. The van der Waals surface area contributed by atoms with Gasteiger partial charge in [0.2, 0.25) is 5.91 Å². The summed E-state index contributed by atoms with van der Waals surface area (Å²) in [5.41, 5.74) is 3.28. The van der Waals surface area contributed by atoms with Gasteiger partial charge >= 0.3 is 0 Å². The molecule has 1 fully saturated rings. The first-order valence-corrected chi connectivity index (χ1v) is 8.26. The van der Waals surface area contributed by atoms with Crippen LogP contribution in [0.5, 0.6) is 0 Å². The molecule has 2 aromatic carbocycles. The first-order chi connectivity index (χ1) is 9.66. The molecule has 0 bridgehead atoms. The van der Waals surface area contributed by atoms with E-state index in [1.165, 1.54) is 5.56 Å². The van der Waals surface area contributed by atoms with Gasteiger partial charge in [-0.3, -0.25) is 9.69 Å². The van der Waals surface area contributed by atoms with Gasteiger partial charge in [0, 0.05) is 4.47 Å². The average Bonchev–Trinajstić information content (AvgIpc) is 2.82. The maximum absolute atomic E-state index is 12.3. The van der Waals surface area contributed by atoms with E-state index < -0.39 is 0 Å². The van der Waals surface area contributed by atoms with Crippen LogP contribution in [0.25, 0.3) is 0 Å². The standard InChI is InChI=1S/C16H14BrNOS/c1-11-7-8-14(13(17)9-11)18-15(19)10-20-16(18)12-5-3-2-4-6-12/h2-9,16H,10H2,1H3. The minimum absolute atomic E-state index is 0.0581. The van der Waals surface area contributed by atoms with Crippen LogP contribution in [-0.2, 0) is 4.79 Å². The molecule has 20 heavy (non-hydrogen) atoms. The molecule has 102 valence electrons. The highest BCUT2D eigenvalue weighted by atomic mass is 79.9. The van der Waals surface area contributed by atoms with Crippen LogP contribution in [0, 0.1) is 6.92 Å². The number of thioether (sulfide) groups is 1. The minimum Gasteiger partial charge on any atom is -0.294 e. The molecule has 0 N–H and O–H groups in total. The fourth-order valence-electron chi connectivity index (χ4n) is 2.36. The van der Waals surface area contributed by atoms with Crippen LogP contribution in [0.4, 0.5) is 5.69 Å². The lowest BCUT2D eigenvalue weighted by Gasteiger charge is -2.25. The molecule has 0 spiro atoms. The predicted octanol–water partition coefficient (Wildman–Crippen LogP) is 4.54. The molecule has 0 aromatic heterocycles. The maximum Gasteiger partial charge on any atom is 0.238 e. The number of aryl methyl sites for hydroxylation is 1. The first kappa shape index (κ1) is 13.7. The number of hydrogen-bond donors (Lipinski definition) is 0. The molecule has 0 aliphatic carbocycles. The van der Waals surface area contributed by atoms with E-state index in [9.17, 15) is 4.79 Å². The van der Waals surface area contributed by atoms with E-state index in [0.717, 1.165) is 15.7 Å². The van der Waals surface area contributed by atoms with Gasteiger partial charge in [-0.15, -0.1) is 11.8 Å². The molecule has 1 aliphatic heterocycles. The Morgan fingerprint density at radius 1 is 1.20 bits per heavy atom. The number of nitrogens with zero attached hydrogens (tertiary/aromatic N) is 1. The van der Waals surface area contributed by atoms with Crippen molar-refractivity contribution in [1.82, 2.24) is 0 Å². The first-order valence-electron chi connectivity index (χ1n) is 6.41. The quantitative estimate of drug-likeness (QED) is 0.794. The summed E-state index contributed by atoms with van der Waals surface area (Å²) in [5, 5.41) is 0.0581. The Hall–Kier alpha value is -1.26. The molecule has 0 saturated carbocycles. The van der Waals surface area contributed by atoms with Gasteiger partial charge in [0.15, 0.2) is 0 Å². The molecular weight excluding hydrogens is 334 g/mol. The van der Waals surface area contributed by atoms with E-state index in [0.29, 0.717) is 5.75 Å². The molecule has 1 amide bonds. The van der Waals surface area contributed by atoms with E-state index in [4.69, 9.17) is 0 Å². The van der Waals surface area contributed by atoms with E-state index in [1.807, 2.05) is 48.2 Å². The van der Waals surface area contributed by atoms with Gasteiger partial charge in [0.05, 0.1) is 11.4 Å². The summed E-state index contributed by atoms with van der Waals surface area (Å²) < 4.78 is 0.967. The number of hydrogen-bond acceptors (Lipinski definition) is 2. The molecule has 1 heterocycles. The van der Waals surface area contributed by atoms with Crippen molar-refractivity contribution in [2.45, 2.75) is 12.3 Å². The Morgan fingerprint density at radius 2 is 1.95 bits per heavy atom. The van der Waals surface area contributed by atoms with E-state index in [-0.39, 0.29) is 11.3 Å². The highest BCUT2D eigenvalue weighted by molar-refractivity contribution is 9.10. The summed E-state index contributed by atoms with van der Waals surface area (Å²) in [6, 6.07) is 16.3. The largest absolute Gasteiger partial charge is 0.294 e. The third-order valence-corrected chi connectivity index (χ3v) is 5.16. The summed E-state index contributed by atoms with van der Waals surface area (Å²) in [4.78, 5) is 14.2. The van der Waals surface area contributed by atoms with E-state index in [2.05, 4.69) is 28.1 Å². The third kappa shape index (κ3) is 2.50. The molecule has 2 aromatic rings. The van der Waals surface area contributed by atoms with Gasteiger partial charge in [-0.2, -0.15) is 0 Å². The average molecular weight is 348 g/mol. The van der Waals surface area contributed by atoms with Crippen LogP contribution in [0.3, 0.4) is 0 Å². The van der Waals surface area contributed by atoms with Crippen molar-refractivity contribution in [3.8, 4) is 0 Å². The molecule has 1 aliphatic rings. The van der Waals surface area contributed by atoms with Crippen LogP contribution >= 0.6 is 27.7 Å². The van der Waals surface area contributed by atoms with E-state index >= 15 is 0 Å². The van der Waals surface area contributed by atoms with Crippen LogP contribution in [0.2, 0.25) is 0 Å². The van der Waals surface area contributed by atoms with Crippen molar-refractivity contribution in [2.75, 3.05) is 10.7 Å².